The summed E-state index contributed by atoms with van der Waals surface area (Å²) in [5, 5.41) is 16.3. The molecule has 0 saturated heterocycles. The van der Waals surface area contributed by atoms with Crippen LogP contribution in [0.25, 0.3) is 0 Å². The molecule has 0 radical (unpaired) electrons. The molecule has 0 heterocycles. The van der Waals surface area contributed by atoms with Gasteiger partial charge in [-0.1, -0.05) is 25.0 Å². The van der Waals surface area contributed by atoms with Gasteiger partial charge in [0.05, 0.1) is 15.1 Å². The third kappa shape index (κ3) is 5.11. The van der Waals surface area contributed by atoms with E-state index in [0.717, 1.165) is 12.8 Å². The fraction of sp³-hybridized carbons (Fsp3) is 0.350. The molecule has 1 saturated carbocycles. The van der Waals surface area contributed by atoms with Gasteiger partial charge in [0, 0.05) is 24.7 Å². The summed E-state index contributed by atoms with van der Waals surface area (Å²) in [6, 6.07) is 12.4. The second kappa shape index (κ2) is 9.04. The first-order valence-corrected chi connectivity index (χ1v) is 11.0. The number of para-hydroxylation sites is 2. The average Bonchev–Trinajstić information content (AvgIpc) is 3.24. The molecule has 1 aliphatic rings. The molecule has 0 unspecified atom stereocenters. The molecule has 154 valence electrons. The summed E-state index contributed by atoms with van der Waals surface area (Å²) in [4.78, 5) is 22.9. The van der Waals surface area contributed by atoms with Crippen LogP contribution in [-0.4, -0.2) is 31.0 Å². The van der Waals surface area contributed by atoms with Crippen LogP contribution in [0.1, 0.15) is 32.1 Å². The number of nitro groups is 1. The molecule has 2 aromatic carbocycles. The van der Waals surface area contributed by atoms with E-state index in [2.05, 4.69) is 10.6 Å². The smallest absolute Gasteiger partial charge is 0.292 e. The highest BCUT2D eigenvalue weighted by atomic mass is 32.2. The van der Waals surface area contributed by atoms with Crippen molar-refractivity contribution in [2.24, 2.45) is 0 Å². The Morgan fingerprint density at radius 2 is 1.72 bits per heavy atom. The number of amides is 1. The molecular formula is C20H23N3O5S. The molecule has 1 amide bonds. The summed E-state index contributed by atoms with van der Waals surface area (Å²) in [5.41, 5.74) is 0.810. The molecule has 3 rings (SSSR count). The van der Waals surface area contributed by atoms with Crippen LogP contribution in [-0.2, 0) is 14.6 Å². The van der Waals surface area contributed by atoms with Gasteiger partial charge in [-0.3, -0.25) is 14.9 Å². The molecule has 8 nitrogen and oxygen atoms in total. The van der Waals surface area contributed by atoms with Gasteiger partial charge in [-0.2, -0.15) is 0 Å². The Morgan fingerprint density at radius 3 is 2.38 bits per heavy atom. The molecule has 0 atom stereocenters. The molecular weight excluding hydrogens is 394 g/mol. The largest absolute Gasteiger partial charge is 0.379 e. The second-order valence-corrected chi connectivity index (χ2v) is 9.20. The van der Waals surface area contributed by atoms with Crippen LogP contribution < -0.4 is 10.6 Å². The first-order valence-electron chi connectivity index (χ1n) is 9.49. The Hall–Kier alpha value is -2.94. The second-order valence-electron chi connectivity index (χ2n) is 6.98. The number of hydrogen-bond acceptors (Lipinski definition) is 6. The number of carbonyl (C=O) groups excluding carboxylic acids is 1. The maximum absolute atomic E-state index is 12.6. The van der Waals surface area contributed by atoms with E-state index in [0.29, 0.717) is 24.2 Å². The minimum atomic E-state index is -3.32. The molecule has 0 spiro atoms. The third-order valence-electron chi connectivity index (χ3n) is 4.98. The van der Waals surface area contributed by atoms with Crippen LogP contribution in [0.5, 0.6) is 0 Å². The van der Waals surface area contributed by atoms with E-state index in [1.807, 2.05) is 0 Å². The topological polar surface area (TPSA) is 118 Å². The number of sulfone groups is 1. The highest BCUT2D eigenvalue weighted by Gasteiger charge is 2.30. The zero-order valence-electron chi connectivity index (χ0n) is 15.8. The molecule has 1 fully saturated rings. The van der Waals surface area contributed by atoms with E-state index in [1.54, 1.807) is 30.3 Å². The number of carbonyl (C=O) groups is 1. The molecule has 9 heteroatoms. The van der Waals surface area contributed by atoms with Gasteiger partial charge in [-0.25, -0.2) is 8.42 Å². The number of nitro benzene ring substituents is 1. The zero-order valence-corrected chi connectivity index (χ0v) is 16.7. The molecule has 0 bridgehead atoms. The molecule has 1 aliphatic carbocycles. The van der Waals surface area contributed by atoms with Crippen LogP contribution in [0.2, 0.25) is 0 Å². The van der Waals surface area contributed by atoms with Gasteiger partial charge in [0.15, 0.2) is 9.84 Å². The fourth-order valence-electron chi connectivity index (χ4n) is 3.44. The Kier molecular flexibility index (Phi) is 6.48. The van der Waals surface area contributed by atoms with Gasteiger partial charge in [0.2, 0.25) is 5.91 Å². The Bertz CT molecular complexity index is 983. The standard InChI is InChI=1S/C20H23N3O5S/c24-20(13-14-21-18-7-3-4-8-19(18)23(25)26)22-15-9-11-17(12-10-15)29(27,28)16-5-1-2-6-16/h3-4,7-12,16,21H,1-2,5-6,13-14H2,(H,22,24). The van der Waals surface area contributed by atoms with Gasteiger partial charge in [-0.15, -0.1) is 0 Å². The van der Waals surface area contributed by atoms with Crippen LogP contribution in [0.4, 0.5) is 17.1 Å². The SMILES string of the molecule is O=C(CCNc1ccccc1[N+](=O)[O-])Nc1ccc(S(=O)(=O)C2CCCC2)cc1. The lowest BCUT2D eigenvalue weighted by Gasteiger charge is -2.12. The highest BCUT2D eigenvalue weighted by Crippen LogP contribution is 2.30. The molecule has 0 aliphatic heterocycles. The zero-order chi connectivity index (χ0) is 20.9. The van der Waals surface area contributed by atoms with E-state index >= 15 is 0 Å². The van der Waals surface area contributed by atoms with Gasteiger partial charge >= 0.3 is 0 Å². The van der Waals surface area contributed by atoms with E-state index in [1.165, 1.54) is 18.2 Å². The number of benzene rings is 2. The van der Waals surface area contributed by atoms with E-state index in [4.69, 9.17) is 0 Å². The molecule has 2 N–H and O–H groups in total. The van der Waals surface area contributed by atoms with Gasteiger partial charge in [0.1, 0.15) is 5.69 Å². The van der Waals surface area contributed by atoms with Crippen LogP contribution in [0, 0.1) is 10.1 Å². The van der Waals surface area contributed by atoms with Crippen LogP contribution >= 0.6 is 0 Å². The minimum absolute atomic E-state index is 0.0491. The van der Waals surface area contributed by atoms with Crippen molar-refractivity contribution in [3.63, 3.8) is 0 Å². The highest BCUT2D eigenvalue weighted by molar-refractivity contribution is 7.92. The quantitative estimate of drug-likeness (QED) is 0.499. The molecule has 29 heavy (non-hydrogen) atoms. The summed E-state index contributed by atoms with van der Waals surface area (Å²) in [5.74, 6) is -0.275. The van der Waals surface area contributed by atoms with Crippen molar-refractivity contribution < 1.29 is 18.1 Å². The number of anilines is 2. The predicted molar refractivity (Wildman–Crippen MR) is 111 cm³/mol. The van der Waals surface area contributed by atoms with E-state index in [-0.39, 0.29) is 34.7 Å². The van der Waals surface area contributed by atoms with Crippen molar-refractivity contribution in [3.05, 3.63) is 58.6 Å². The average molecular weight is 417 g/mol. The minimum Gasteiger partial charge on any atom is -0.379 e. The van der Waals surface area contributed by atoms with Crippen molar-refractivity contribution in [2.75, 3.05) is 17.2 Å². The number of nitrogens with one attached hydrogen (secondary N) is 2. The summed E-state index contributed by atoms with van der Waals surface area (Å²) in [7, 11) is -3.32. The van der Waals surface area contributed by atoms with E-state index < -0.39 is 14.8 Å². The lowest BCUT2D eigenvalue weighted by molar-refractivity contribution is -0.384. The maximum Gasteiger partial charge on any atom is 0.292 e. The van der Waals surface area contributed by atoms with Crippen molar-refractivity contribution in [2.45, 2.75) is 42.2 Å². The maximum atomic E-state index is 12.6. The normalized spacial score (nSPS) is 14.5. The summed E-state index contributed by atoms with van der Waals surface area (Å²) >= 11 is 0. The number of rotatable bonds is 8. The molecule has 2 aromatic rings. The van der Waals surface area contributed by atoms with Crippen molar-refractivity contribution in [1.29, 1.82) is 0 Å². The Labute approximate surface area is 169 Å². The summed E-state index contributed by atoms with van der Waals surface area (Å²) in [6.07, 6.45) is 3.39. The Balaban J connectivity index is 1.53. The van der Waals surface area contributed by atoms with Crippen molar-refractivity contribution >= 4 is 32.8 Å². The van der Waals surface area contributed by atoms with Crippen molar-refractivity contribution in [1.82, 2.24) is 0 Å². The number of nitrogens with zero attached hydrogens (tertiary/aromatic N) is 1. The lowest BCUT2D eigenvalue weighted by atomic mass is 10.2. The van der Waals surface area contributed by atoms with Crippen LogP contribution in [0.3, 0.4) is 0 Å². The third-order valence-corrected chi connectivity index (χ3v) is 7.25. The van der Waals surface area contributed by atoms with Crippen LogP contribution in [0.15, 0.2) is 53.4 Å². The van der Waals surface area contributed by atoms with E-state index in [9.17, 15) is 23.3 Å². The number of hydrogen-bond donors (Lipinski definition) is 2. The monoisotopic (exact) mass is 417 g/mol. The summed E-state index contributed by atoms with van der Waals surface area (Å²) in [6.45, 7) is 0.227. The van der Waals surface area contributed by atoms with Gasteiger partial charge in [0.25, 0.3) is 5.69 Å². The lowest BCUT2D eigenvalue weighted by Crippen LogP contribution is -2.18. The van der Waals surface area contributed by atoms with Gasteiger partial charge < -0.3 is 10.6 Å². The summed E-state index contributed by atoms with van der Waals surface area (Å²) < 4.78 is 25.2. The fourth-order valence-corrected chi connectivity index (χ4v) is 5.29. The predicted octanol–water partition coefficient (Wildman–Crippen LogP) is 3.75. The first kappa shape index (κ1) is 20.8. The first-order chi connectivity index (χ1) is 13.9. The molecule has 0 aromatic heterocycles. The Morgan fingerprint density at radius 1 is 1.07 bits per heavy atom. The van der Waals surface area contributed by atoms with Crippen molar-refractivity contribution in [3.8, 4) is 0 Å². The van der Waals surface area contributed by atoms with Gasteiger partial charge in [-0.05, 0) is 43.2 Å².